The van der Waals surface area contributed by atoms with E-state index in [-0.39, 0.29) is 11.8 Å². The van der Waals surface area contributed by atoms with Gasteiger partial charge in [0, 0.05) is 16.9 Å². The predicted molar refractivity (Wildman–Crippen MR) is 91.1 cm³/mol. The van der Waals surface area contributed by atoms with Gasteiger partial charge in [-0.1, -0.05) is 26.0 Å². The van der Waals surface area contributed by atoms with Crippen LogP contribution in [0.3, 0.4) is 0 Å². The van der Waals surface area contributed by atoms with Crippen molar-refractivity contribution in [3.05, 3.63) is 35.2 Å². The summed E-state index contributed by atoms with van der Waals surface area (Å²) in [6.07, 6.45) is 0. The highest BCUT2D eigenvalue weighted by Crippen LogP contribution is 2.36. The fourth-order valence-corrected chi connectivity index (χ4v) is 2.95. The number of rotatable bonds is 5. The van der Waals surface area contributed by atoms with Crippen molar-refractivity contribution in [3.63, 3.8) is 0 Å². The van der Waals surface area contributed by atoms with Crippen LogP contribution in [0.5, 0.6) is 5.75 Å². The van der Waals surface area contributed by atoms with Crippen molar-refractivity contribution in [1.29, 1.82) is 0 Å². The van der Waals surface area contributed by atoms with Crippen LogP contribution in [-0.4, -0.2) is 26.1 Å². The Labute approximate surface area is 139 Å². The minimum atomic E-state index is -0.476. The van der Waals surface area contributed by atoms with Crippen molar-refractivity contribution in [3.8, 4) is 16.9 Å². The van der Waals surface area contributed by atoms with Gasteiger partial charge in [-0.25, -0.2) is 4.79 Å². The second kappa shape index (κ2) is 7.28. The van der Waals surface area contributed by atoms with E-state index in [1.807, 2.05) is 29.6 Å². The molecular weight excluding hydrogens is 314 g/mol. The maximum atomic E-state index is 12.2. The first kappa shape index (κ1) is 17.0. The van der Waals surface area contributed by atoms with E-state index < -0.39 is 5.97 Å². The lowest BCUT2D eigenvalue weighted by Crippen LogP contribution is -2.18. The van der Waals surface area contributed by atoms with E-state index in [9.17, 15) is 9.59 Å². The highest BCUT2D eigenvalue weighted by Gasteiger charge is 2.22. The average Bonchev–Trinajstić information content (AvgIpc) is 2.97. The molecule has 23 heavy (non-hydrogen) atoms. The molecule has 0 bridgehead atoms. The molecule has 1 aromatic heterocycles. The molecule has 0 radical (unpaired) electrons. The molecule has 0 saturated heterocycles. The summed E-state index contributed by atoms with van der Waals surface area (Å²) >= 11 is 1.31. The number of anilines is 1. The third kappa shape index (κ3) is 3.71. The fourth-order valence-electron chi connectivity index (χ4n) is 1.99. The van der Waals surface area contributed by atoms with Crippen molar-refractivity contribution in [2.24, 2.45) is 5.92 Å². The fraction of sp³-hybridized carbons (Fsp3) is 0.294. The maximum absolute atomic E-state index is 12.2. The normalized spacial score (nSPS) is 10.5. The molecule has 5 nitrogen and oxygen atoms in total. The minimum absolute atomic E-state index is 0.140. The van der Waals surface area contributed by atoms with Gasteiger partial charge >= 0.3 is 5.97 Å². The predicted octanol–water partition coefficient (Wildman–Crippen LogP) is 3.80. The molecule has 0 unspecified atom stereocenters. The Hall–Kier alpha value is -2.34. The van der Waals surface area contributed by atoms with Gasteiger partial charge in [0.2, 0.25) is 5.91 Å². The van der Waals surface area contributed by atoms with Gasteiger partial charge in [0.25, 0.3) is 0 Å². The number of amides is 1. The second-order valence-corrected chi connectivity index (χ2v) is 6.10. The summed E-state index contributed by atoms with van der Waals surface area (Å²) in [7, 11) is 2.92. The van der Waals surface area contributed by atoms with Crippen LogP contribution in [0.4, 0.5) is 5.00 Å². The lowest BCUT2D eigenvalue weighted by atomic mass is 10.0. The van der Waals surface area contributed by atoms with Crippen LogP contribution in [-0.2, 0) is 9.53 Å². The summed E-state index contributed by atoms with van der Waals surface area (Å²) in [6, 6.07) is 7.36. The van der Waals surface area contributed by atoms with Crippen molar-refractivity contribution in [2.45, 2.75) is 13.8 Å². The van der Waals surface area contributed by atoms with Gasteiger partial charge in [-0.05, 0) is 17.7 Å². The molecule has 6 heteroatoms. The zero-order chi connectivity index (χ0) is 17.0. The van der Waals surface area contributed by atoms with E-state index in [2.05, 4.69) is 5.32 Å². The number of hydrogen-bond donors (Lipinski definition) is 1. The Kier molecular flexibility index (Phi) is 5.39. The molecule has 122 valence electrons. The number of methoxy groups -OCH3 is 2. The average molecular weight is 333 g/mol. The van der Waals surface area contributed by atoms with E-state index in [4.69, 9.17) is 9.47 Å². The van der Waals surface area contributed by atoms with Gasteiger partial charge in [-0.3, -0.25) is 4.79 Å². The van der Waals surface area contributed by atoms with Crippen LogP contribution >= 0.6 is 11.3 Å². The van der Waals surface area contributed by atoms with Crippen LogP contribution in [0.1, 0.15) is 24.2 Å². The van der Waals surface area contributed by atoms with Gasteiger partial charge in [0.1, 0.15) is 16.3 Å². The quantitative estimate of drug-likeness (QED) is 0.845. The number of ether oxygens (including phenoxy) is 2. The van der Waals surface area contributed by atoms with E-state index in [0.29, 0.717) is 10.6 Å². The van der Waals surface area contributed by atoms with E-state index >= 15 is 0 Å². The number of carbonyl (C=O) groups excluding carboxylic acids is 2. The molecular formula is C17H19NO4S. The summed E-state index contributed by atoms with van der Waals surface area (Å²) in [5.74, 6) is -0.0571. The zero-order valence-corrected chi connectivity index (χ0v) is 14.3. The van der Waals surface area contributed by atoms with Crippen molar-refractivity contribution in [2.75, 3.05) is 19.5 Å². The zero-order valence-electron chi connectivity index (χ0n) is 13.5. The first-order chi connectivity index (χ1) is 11.0. The Morgan fingerprint density at radius 3 is 2.30 bits per heavy atom. The van der Waals surface area contributed by atoms with Crippen molar-refractivity contribution < 1.29 is 19.1 Å². The van der Waals surface area contributed by atoms with Crippen LogP contribution in [0.2, 0.25) is 0 Å². The SMILES string of the molecule is COC(=O)c1c(-c2ccc(OC)cc2)csc1NC(=O)C(C)C. The molecule has 2 aromatic rings. The Morgan fingerprint density at radius 2 is 1.78 bits per heavy atom. The van der Waals surface area contributed by atoms with E-state index in [1.54, 1.807) is 21.0 Å². The molecule has 0 spiro atoms. The van der Waals surface area contributed by atoms with Crippen LogP contribution in [0.25, 0.3) is 11.1 Å². The number of hydrogen-bond acceptors (Lipinski definition) is 5. The van der Waals surface area contributed by atoms with Crippen molar-refractivity contribution >= 4 is 28.2 Å². The molecule has 0 saturated carbocycles. The Balaban J connectivity index is 2.44. The van der Waals surface area contributed by atoms with Gasteiger partial charge in [0.05, 0.1) is 14.2 Å². The molecule has 0 fully saturated rings. The van der Waals surface area contributed by atoms with Crippen LogP contribution in [0, 0.1) is 5.92 Å². The molecule has 0 aliphatic heterocycles. The molecule has 1 amide bonds. The topological polar surface area (TPSA) is 64.6 Å². The second-order valence-electron chi connectivity index (χ2n) is 5.22. The molecule has 2 rings (SSSR count). The minimum Gasteiger partial charge on any atom is -0.497 e. The summed E-state index contributed by atoms with van der Waals surface area (Å²) in [5.41, 5.74) is 1.95. The largest absolute Gasteiger partial charge is 0.497 e. The van der Waals surface area contributed by atoms with Crippen LogP contribution < -0.4 is 10.1 Å². The summed E-state index contributed by atoms with van der Waals surface area (Å²) in [6.45, 7) is 3.59. The number of nitrogens with one attached hydrogen (secondary N) is 1. The Bertz CT molecular complexity index is 704. The Morgan fingerprint density at radius 1 is 1.13 bits per heavy atom. The molecule has 1 heterocycles. The number of thiophene rings is 1. The third-order valence-electron chi connectivity index (χ3n) is 3.34. The van der Waals surface area contributed by atoms with Crippen LogP contribution in [0.15, 0.2) is 29.6 Å². The third-order valence-corrected chi connectivity index (χ3v) is 4.24. The van der Waals surface area contributed by atoms with Gasteiger partial charge in [-0.2, -0.15) is 0 Å². The van der Waals surface area contributed by atoms with Gasteiger partial charge in [0.15, 0.2) is 0 Å². The number of benzene rings is 1. The first-order valence-corrected chi connectivity index (χ1v) is 8.01. The summed E-state index contributed by atoms with van der Waals surface area (Å²) in [5, 5.41) is 5.13. The van der Waals surface area contributed by atoms with Gasteiger partial charge in [-0.15, -0.1) is 11.3 Å². The first-order valence-electron chi connectivity index (χ1n) is 7.13. The van der Waals surface area contributed by atoms with Crippen molar-refractivity contribution in [1.82, 2.24) is 0 Å². The van der Waals surface area contributed by atoms with E-state index in [1.165, 1.54) is 18.4 Å². The molecule has 1 N–H and O–H groups in total. The number of carbonyl (C=O) groups is 2. The smallest absolute Gasteiger partial charge is 0.341 e. The lowest BCUT2D eigenvalue weighted by molar-refractivity contribution is -0.118. The van der Waals surface area contributed by atoms with Gasteiger partial charge < -0.3 is 14.8 Å². The molecule has 0 aliphatic carbocycles. The molecule has 0 aliphatic rings. The number of esters is 1. The lowest BCUT2D eigenvalue weighted by Gasteiger charge is -2.09. The van der Waals surface area contributed by atoms with E-state index in [0.717, 1.165) is 16.9 Å². The standard InChI is InChI=1S/C17H19NO4S/c1-10(2)15(19)18-16-14(17(20)22-4)13(9-23-16)11-5-7-12(21-3)8-6-11/h5-10H,1-4H3,(H,18,19). The summed E-state index contributed by atoms with van der Waals surface area (Å²) in [4.78, 5) is 24.1. The highest BCUT2D eigenvalue weighted by molar-refractivity contribution is 7.15. The molecule has 1 aromatic carbocycles. The highest BCUT2D eigenvalue weighted by atomic mass is 32.1. The molecule has 0 atom stereocenters. The summed E-state index contributed by atoms with van der Waals surface area (Å²) < 4.78 is 10.0. The monoisotopic (exact) mass is 333 g/mol. The maximum Gasteiger partial charge on any atom is 0.341 e.